The Balaban J connectivity index is 2.16. The van der Waals surface area contributed by atoms with E-state index in [9.17, 15) is 16.8 Å². The van der Waals surface area contributed by atoms with Crippen molar-refractivity contribution in [2.24, 2.45) is 0 Å². The van der Waals surface area contributed by atoms with Gasteiger partial charge in [-0.05, 0) is 0 Å². The summed E-state index contributed by atoms with van der Waals surface area (Å²) < 4.78 is 75.8. The summed E-state index contributed by atoms with van der Waals surface area (Å²) in [5.41, 5.74) is 0. The van der Waals surface area contributed by atoms with Crippen molar-refractivity contribution in [2.45, 2.75) is 24.4 Å². The average Bonchev–Trinajstić information content (AvgIpc) is 2.36. The van der Waals surface area contributed by atoms with Crippen LogP contribution in [0, 0.1) is 0 Å². The second-order valence-corrected chi connectivity index (χ2v) is 8.12. The highest BCUT2D eigenvalue weighted by atomic mass is 32.2. The lowest BCUT2D eigenvalue weighted by Gasteiger charge is -2.40. The molecule has 4 atom stereocenters. The maximum Gasteiger partial charge on any atom is 0.264 e. The molecule has 12 heteroatoms. The molecule has 2 aliphatic heterocycles. The first-order valence-corrected chi connectivity index (χ1v) is 9.94. The second kappa shape index (κ2) is 7.05. The molecule has 2 aliphatic rings. The van der Waals surface area contributed by atoms with Gasteiger partial charge in [0, 0.05) is 0 Å². The molecule has 130 valence electrons. The van der Waals surface area contributed by atoms with E-state index < -0.39 is 44.7 Å². The SMILES string of the molecule is CS(=O)(=O)OC1COCOC1C1OCOCC1OS(C)(=O)=O. The lowest BCUT2D eigenvalue weighted by Crippen LogP contribution is -2.57. The molecule has 0 radical (unpaired) electrons. The van der Waals surface area contributed by atoms with E-state index in [0.29, 0.717) is 0 Å². The monoisotopic (exact) mass is 362 g/mol. The second-order valence-electron chi connectivity index (χ2n) is 4.92. The van der Waals surface area contributed by atoms with E-state index >= 15 is 0 Å². The minimum absolute atomic E-state index is 0.0376. The Morgan fingerprint density at radius 1 is 0.773 bits per heavy atom. The third-order valence-corrected chi connectivity index (χ3v) is 4.10. The van der Waals surface area contributed by atoms with Crippen molar-refractivity contribution in [2.75, 3.05) is 39.3 Å². The van der Waals surface area contributed by atoms with E-state index in [1.54, 1.807) is 0 Å². The molecular weight excluding hydrogens is 344 g/mol. The van der Waals surface area contributed by atoms with Crippen molar-refractivity contribution < 1.29 is 44.1 Å². The molecule has 0 saturated carbocycles. The Morgan fingerprint density at radius 2 is 1.14 bits per heavy atom. The van der Waals surface area contributed by atoms with Crippen molar-refractivity contribution in [3.63, 3.8) is 0 Å². The highest BCUT2D eigenvalue weighted by Crippen LogP contribution is 2.25. The maximum atomic E-state index is 11.3. The van der Waals surface area contributed by atoms with Crippen LogP contribution in [-0.4, -0.2) is 80.6 Å². The maximum absolute atomic E-state index is 11.3. The minimum atomic E-state index is -3.75. The molecular formula is C10H18O10S2. The zero-order chi connectivity index (χ0) is 16.4. The Hall–Kier alpha value is -0.340. The standard InChI is InChI=1S/C10H18O10S2/c1-21(11,12)19-7-3-15-5-17-9(7)10-8(4-16-6-18-10)20-22(2,13)14/h7-10H,3-6H2,1-2H3. The minimum Gasteiger partial charge on any atom is -0.353 e. The van der Waals surface area contributed by atoms with E-state index in [4.69, 9.17) is 27.3 Å². The zero-order valence-corrected chi connectivity index (χ0v) is 13.7. The molecule has 0 aromatic rings. The molecule has 2 fully saturated rings. The summed E-state index contributed by atoms with van der Waals surface area (Å²) in [5.74, 6) is 0. The van der Waals surface area contributed by atoms with Crippen LogP contribution < -0.4 is 0 Å². The van der Waals surface area contributed by atoms with Gasteiger partial charge in [-0.1, -0.05) is 0 Å². The predicted octanol–water partition coefficient (Wildman–Crippen LogP) is -1.58. The fraction of sp³-hybridized carbons (Fsp3) is 1.00. The van der Waals surface area contributed by atoms with Crippen LogP contribution in [0.3, 0.4) is 0 Å². The molecule has 22 heavy (non-hydrogen) atoms. The van der Waals surface area contributed by atoms with Gasteiger partial charge in [0.15, 0.2) is 0 Å². The summed E-state index contributed by atoms with van der Waals surface area (Å²) in [6.45, 7) is -0.269. The lowest BCUT2D eigenvalue weighted by atomic mass is 10.0. The lowest BCUT2D eigenvalue weighted by molar-refractivity contribution is -0.269. The predicted molar refractivity (Wildman–Crippen MR) is 70.8 cm³/mol. The van der Waals surface area contributed by atoms with Crippen molar-refractivity contribution >= 4 is 20.2 Å². The Morgan fingerprint density at radius 3 is 1.45 bits per heavy atom. The fourth-order valence-corrected chi connectivity index (χ4v) is 3.44. The molecule has 2 rings (SSSR count). The quantitative estimate of drug-likeness (QED) is 0.529. The van der Waals surface area contributed by atoms with Crippen LogP contribution in [0.25, 0.3) is 0 Å². The molecule has 0 bridgehead atoms. The van der Waals surface area contributed by atoms with Crippen LogP contribution in [0.2, 0.25) is 0 Å². The Bertz CT molecular complexity index is 519. The summed E-state index contributed by atoms with van der Waals surface area (Å²) in [6.07, 6.45) is -1.91. The van der Waals surface area contributed by atoms with E-state index in [0.717, 1.165) is 12.5 Å². The average molecular weight is 362 g/mol. The third-order valence-electron chi connectivity index (χ3n) is 2.91. The largest absolute Gasteiger partial charge is 0.353 e. The molecule has 0 aliphatic carbocycles. The van der Waals surface area contributed by atoms with Gasteiger partial charge in [0.2, 0.25) is 0 Å². The summed E-state index contributed by atoms with van der Waals surface area (Å²) in [4.78, 5) is 0. The van der Waals surface area contributed by atoms with Gasteiger partial charge in [0.25, 0.3) is 20.2 Å². The fourth-order valence-electron chi connectivity index (χ4n) is 2.21. The molecule has 2 heterocycles. The van der Waals surface area contributed by atoms with Crippen molar-refractivity contribution in [3.05, 3.63) is 0 Å². The first kappa shape index (κ1) is 18.0. The topological polar surface area (TPSA) is 124 Å². The van der Waals surface area contributed by atoms with Crippen molar-refractivity contribution in [3.8, 4) is 0 Å². The Kier molecular flexibility index (Phi) is 5.77. The van der Waals surface area contributed by atoms with E-state index in [-0.39, 0.29) is 26.8 Å². The first-order chi connectivity index (χ1) is 10.2. The van der Waals surface area contributed by atoms with Crippen LogP contribution in [0.5, 0.6) is 0 Å². The van der Waals surface area contributed by atoms with Crippen molar-refractivity contribution in [1.29, 1.82) is 0 Å². The van der Waals surface area contributed by atoms with Crippen LogP contribution in [0.4, 0.5) is 0 Å². The smallest absolute Gasteiger partial charge is 0.264 e. The molecule has 0 N–H and O–H groups in total. The summed E-state index contributed by atoms with van der Waals surface area (Å²) in [5, 5.41) is 0. The molecule has 0 aromatic heterocycles. The van der Waals surface area contributed by atoms with Crippen molar-refractivity contribution in [1.82, 2.24) is 0 Å². The molecule has 0 amide bonds. The van der Waals surface area contributed by atoms with Gasteiger partial charge in [-0.25, -0.2) is 0 Å². The molecule has 0 aromatic carbocycles. The molecule has 0 spiro atoms. The van der Waals surface area contributed by atoms with Gasteiger partial charge in [-0.15, -0.1) is 0 Å². The molecule has 10 nitrogen and oxygen atoms in total. The number of ether oxygens (including phenoxy) is 4. The van der Waals surface area contributed by atoms with Gasteiger partial charge in [-0.3, -0.25) is 8.37 Å². The summed E-state index contributed by atoms with van der Waals surface area (Å²) in [6, 6.07) is 0. The van der Waals surface area contributed by atoms with Gasteiger partial charge < -0.3 is 18.9 Å². The van der Waals surface area contributed by atoms with Crippen LogP contribution in [-0.2, 0) is 47.5 Å². The highest BCUT2D eigenvalue weighted by Gasteiger charge is 2.44. The van der Waals surface area contributed by atoms with Crippen LogP contribution in [0.1, 0.15) is 0 Å². The van der Waals surface area contributed by atoms with E-state index in [1.807, 2.05) is 0 Å². The van der Waals surface area contributed by atoms with Gasteiger partial charge in [0.1, 0.15) is 38.0 Å². The van der Waals surface area contributed by atoms with Crippen LogP contribution in [0.15, 0.2) is 0 Å². The molecule has 4 unspecified atom stereocenters. The van der Waals surface area contributed by atoms with Gasteiger partial charge in [0.05, 0.1) is 25.7 Å². The van der Waals surface area contributed by atoms with E-state index in [1.165, 1.54) is 0 Å². The normalized spacial score (nSPS) is 34.5. The van der Waals surface area contributed by atoms with Gasteiger partial charge in [-0.2, -0.15) is 16.8 Å². The summed E-state index contributed by atoms with van der Waals surface area (Å²) in [7, 11) is -7.51. The first-order valence-electron chi connectivity index (χ1n) is 6.31. The van der Waals surface area contributed by atoms with E-state index in [2.05, 4.69) is 0 Å². The summed E-state index contributed by atoms with van der Waals surface area (Å²) >= 11 is 0. The number of hydrogen-bond acceptors (Lipinski definition) is 10. The number of hydrogen-bond donors (Lipinski definition) is 0. The number of rotatable bonds is 5. The third kappa shape index (κ3) is 5.38. The van der Waals surface area contributed by atoms with Crippen LogP contribution >= 0.6 is 0 Å². The highest BCUT2D eigenvalue weighted by molar-refractivity contribution is 7.86. The zero-order valence-electron chi connectivity index (χ0n) is 12.0. The Labute approximate surface area is 128 Å². The van der Waals surface area contributed by atoms with Gasteiger partial charge >= 0.3 is 0 Å². The molecule has 2 saturated heterocycles.